The first kappa shape index (κ1) is 21.6. The summed E-state index contributed by atoms with van der Waals surface area (Å²) in [6.07, 6.45) is 6.86. The van der Waals surface area contributed by atoms with E-state index in [2.05, 4.69) is 58.9 Å². The molecular weight excluding hydrogens is 412 g/mol. The molecule has 6 nitrogen and oxygen atoms in total. The topological polar surface area (TPSA) is 76.1 Å². The fraction of sp³-hybridized carbons (Fsp3) is 0.370. The van der Waals surface area contributed by atoms with E-state index < -0.39 is 0 Å². The van der Waals surface area contributed by atoms with Crippen molar-refractivity contribution in [3.8, 4) is 28.3 Å². The van der Waals surface area contributed by atoms with Gasteiger partial charge in [-0.3, -0.25) is 9.78 Å². The number of carbonyl (C=O) groups excluding carboxylic acids is 1. The molecule has 2 heterocycles. The monoisotopic (exact) mass is 442 g/mol. The van der Waals surface area contributed by atoms with Crippen molar-refractivity contribution in [1.82, 2.24) is 20.6 Å². The average molecular weight is 443 g/mol. The highest BCUT2D eigenvalue weighted by molar-refractivity contribution is 5.79. The van der Waals surface area contributed by atoms with Crippen molar-refractivity contribution in [2.45, 2.75) is 51.6 Å². The van der Waals surface area contributed by atoms with Gasteiger partial charge in [-0.2, -0.15) is 0 Å². The lowest BCUT2D eigenvalue weighted by Gasteiger charge is -2.16. The van der Waals surface area contributed by atoms with Crippen molar-refractivity contribution in [2.24, 2.45) is 0 Å². The van der Waals surface area contributed by atoms with Crippen molar-refractivity contribution in [2.75, 3.05) is 13.7 Å². The van der Waals surface area contributed by atoms with E-state index in [0.717, 1.165) is 29.8 Å². The highest BCUT2D eigenvalue weighted by Gasteiger charge is 2.21. The zero-order chi connectivity index (χ0) is 22.8. The second-order valence-corrected chi connectivity index (χ2v) is 8.92. The second kappa shape index (κ2) is 9.32. The Morgan fingerprint density at radius 2 is 1.91 bits per heavy atom. The number of aryl methyl sites for hydroxylation is 1. The number of benzene rings is 2. The molecule has 6 heteroatoms. The van der Waals surface area contributed by atoms with Gasteiger partial charge in [-0.15, -0.1) is 0 Å². The second-order valence-electron chi connectivity index (χ2n) is 8.92. The van der Waals surface area contributed by atoms with Crippen LogP contribution in [0.4, 0.5) is 0 Å². The van der Waals surface area contributed by atoms with Crippen LogP contribution in [-0.2, 0) is 24.2 Å². The van der Waals surface area contributed by atoms with Gasteiger partial charge in [0.15, 0.2) is 0 Å². The average Bonchev–Trinajstić information content (AvgIpc) is 3.48. The van der Waals surface area contributed by atoms with Crippen LogP contribution in [0.2, 0.25) is 0 Å². The first-order chi connectivity index (χ1) is 16.1. The van der Waals surface area contributed by atoms with Gasteiger partial charge in [-0.1, -0.05) is 36.4 Å². The maximum atomic E-state index is 11.4. The van der Waals surface area contributed by atoms with E-state index in [1.54, 1.807) is 7.11 Å². The van der Waals surface area contributed by atoms with Gasteiger partial charge in [-0.05, 0) is 60.4 Å². The third kappa shape index (κ3) is 4.35. The van der Waals surface area contributed by atoms with Gasteiger partial charge < -0.3 is 15.4 Å². The Morgan fingerprint density at radius 1 is 1.09 bits per heavy atom. The van der Waals surface area contributed by atoms with Gasteiger partial charge >= 0.3 is 0 Å². The lowest BCUT2D eigenvalue weighted by molar-refractivity contribution is -0.119. The fourth-order valence-electron chi connectivity index (χ4n) is 5.08. The van der Waals surface area contributed by atoms with Crippen LogP contribution in [0.25, 0.3) is 22.4 Å². The Hall–Kier alpha value is -3.25. The summed E-state index contributed by atoms with van der Waals surface area (Å²) in [6.45, 7) is 3.41. The summed E-state index contributed by atoms with van der Waals surface area (Å²) in [4.78, 5) is 20.8. The molecule has 3 aromatic rings. The SMILES string of the molecule is COc1nc(-c2cccc(-c3cccc4c3CCC4)c2C)cnc1CNC[C@@H]1CCC(=O)N1. The van der Waals surface area contributed by atoms with Gasteiger partial charge in [-0.25, -0.2) is 4.98 Å². The van der Waals surface area contributed by atoms with E-state index in [9.17, 15) is 4.79 Å². The molecule has 1 amide bonds. The number of nitrogens with one attached hydrogen (secondary N) is 2. The van der Waals surface area contributed by atoms with Gasteiger partial charge in [0.25, 0.3) is 0 Å². The standard InChI is InChI=1S/C27H30N4O2/c1-17-20(23-11-4-7-18-6-3-10-22(18)23)8-5-9-21(17)24-16-29-25(27(31-24)33-2)15-28-14-19-12-13-26(32)30-19/h4-5,7-9,11,16,19,28H,3,6,10,12-15H2,1-2H3,(H,30,32)/t19-/m0/s1. The summed E-state index contributed by atoms with van der Waals surface area (Å²) >= 11 is 0. The third-order valence-corrected chi connectivity index (χ3v) is 6.82. The van der Waals surface area contributed by atoms with Crippen LogP contribution in [0.15, 0.2) is 42.6 Å². The normalized spacial score (nSPS) is 17.2. The van der Waals surface area contributed by atoms with Crippen LogP contribution in [0, 0.1) is 6.92 Å². The van der Waals surface area contributed by atoms with Crippen LogP contribution < -0.4 is 15.4 Å². The molecule has 0 bridgehead atoms. The maximum Gasteiger partial charge on any atom is 0.237 e. The van der Waals surface area contributed by atoms with Gasteiger partial charge in [0.05, 0.1) is 19.0 Å². The van der Waals surface area contributed by atoms with E-state index in [4.69, 9.17) is 9.72 Å². The molecule has 1 atom stereocenters. The first-order valence-corrected chi connectivity index (χ1v) is 11.7. The Bertz CT molecular complexity index is 1190. The molecule has 0 radical (unpaired) electrons. The van der Waals surface area contributed by atoms with E-state index in [1.807, 2.05) is 6.20 Å². The summed E-state index contributed by atoms with van der Waals surface area (Å²) in [7, 11) is 1.63. The molecule has 2 N–H and O–H groups in total. The highest BCUT2D eigenvalue weighted by atomic mass is 16.5. The van der Waals surface area contributed by atoms with Crippen molar-refractivity contribution < 1.29 is 9.53 Å². The zero-order valence-electron chi connectivity index (χ0n) is 19.3. The Labute approximate surface area is 194 Å². The molecule has 170 valence electrons. The third-order valence-electron chi connectivity index (χ3n) is 6.82. The molecule has 1 aliphatic heterocycles. The Balaban J connectivity index is 1.39. The summed E-state index contributed by atoms with van der Waals surface area (Å²) < 4.78 is 5.58. The lowest BCUT2D eigenvalue weighted by Crippen LogP contribution is -2.35. The number of ether oxygens (including phenoxy) is 1. The van der Waals surface area contributed by atoms with Crippen molar-refractivity contribution in [3.05, 3.63) is 65.0 Å². The highest BCUT2D eigenvalue weighted by Crippen LogP contribution is 2.37. The van der Waals surface area contributed by atoms with Crippen LogP contribution in [0.3, 0.4) is 0 Å². The van der Waals surface area contributed by atoms with Gasteiger partial charge in [0.1, 0.15) is 5.69 Å². The quantitative estimate of drug-likeness (QED) is 0.579. The van der Waals surface area contributed by atoms with Crippen molar-refractivity contribution in [1.29, 1.82) is 0 Å². The predicted octanol–water partition coefficient (Wildman–Crippen LogP) is 3.98. The summed E-state index contributed by atoms with van der Waals surface area (Å²) in [6, 6.07) is 13.3. The van der Waals surface area contributed by atoms with Crippen molar-refractivity contribution in [3.63, 3.8) is 0 Å². The molecule has 2 aromatic carbocycles. The van der Waals surface area contributed by atoms with Crippen LogP contribution in [0.1, 0.15) is 41.6 Å². The molecular formula is C27H30N4O2. The Kier molecular flexibility index (Phi) is 6.09. The lowest BCUT2D eigenvalue weighted by atomic mass is 9.91. The number of carbonyl (C=O) groups is 1. The molecule has 0 saturated carbocycles. The number of hydrogen-bond donors (Lipinski definition) is 2. The number of nitrogens with zero attached hydrogens (tertiary/aromatic N) is 2. The smallest absolute Gasteiger partial charge is 0.237 e. The fourth-order valence-corrected chi connectivity index (χ4v) is 5.08. The van der Waals surface area contributed by atoms with Crippen LogP contribution in [0.5, 0.6) is 5.88 Å². The summed E-state index contributed by atoms with van der Waals surface area (Å²) in [5.41, 5.74) is 9.42. The minimum Gasteiger partial charge on any atom is -0.480 e. The Morgan fingerprint density at radius 3 is 2.73 bits per heavy atom. The van der Waals surface area contributed by atoms with Crippen LogP contribution in [-0.4, -0.2) is 35.6 Å². The summed E-state index contributed by atoms with van der Waals surface area (Å²) in [5, 5.41) is 6.34. The maximum absolute atomic E-state index is 11.4. The van der Waals surface area contributed by atoms with E-state index in [1.165, 1.54) is 40.7 Å². The zero-order valence-corrected chi connectivity index (χ0v) is 19.3. The van der Waals surface area contributed by atoms with Crippen molar-refractivity contribution >= 4 is 5.91 Å². The molecule has 5 rings (SSSR count). The minimum atomic E-state index is 0.126. The van der Waals surface area contributed by atoms with Crippen LogP contribution >= 0.6 is 0 Å². The van der Waals surface area contributed by atoms with E-state index >= 15 is 0 Å². The molecule has 0 unspecified atom stereocenters. The number of aromatic nitrogens is 2. The minimum absolute atomic E-state index is 0.126. The van der Waals surface area contributed by atoms with E-state index in [-0.39, 0.29) is 11.9 Å². The van der Waals surface area contributed by atoms with Gasteiger partial charge in [0.2, 0.25) is 11.8 Å². The number of methoxy groups -OCH3 is 1. The number of amides is 1. The molecule has 33 heavy (non-hydrogen) atoms. The number of rotatable bonds is 7. The molecule has 1 aromatic heterocycles. The molecule has 1 fully saturated rings. The van der Waals surface area contributed by atoms with Gasteiger partial charge in [0, 0.05) is 31.1 Å². The first-order valence-electron chi connectivity index (χ1n) is 11.7. The largest absolute Gasteiger partial charge is 0.480 e. The number of fused-ring (bicyclic) bond motifs is 1. The molecule has 1 saturated heterocycles. The summed E-state index contributed by atoms with van der Waals surface area (Å²) in [5.74, 6) is 0.655. The van der Waals surface area contributed by atoms with E-state index in [0.29, 0.717) is 25.4 Å². The molecule has 0 spiro atoms. The molecule has 2 aliphatic rings. The molecule has 1 aliphatic carbocycles. The number of hydrogen-bond acceptors (Lipinski definition) is 5. The predicted molar refractivity (Wildman–Crippen MR) is 129 cm³/mol.